The van der Waals surface area contributed by atoms with Crippen molar-refractivity contribution < 1.29 is 9.18 Å². The first-order valence-corrected chi connectivity index (χ1v) is 7.84. The molecule has 2 heterocycles. The van der Waals surface area contributed by atoms with E-state index < -0.39 is 0 Å². The van der Waals surface area contributed by atoms with Gasteiger partial charge in [-0.25, -0.2) is 9.37 Å². The van der Waals surface area contributed by atoms with Gasteiger partial charge in [-0.15, -0.1) is 0 Å². The topological polar surface area (TPSA) is 45.2 Å². The minimum atomic E-state index is -0.290. The minimum Gasteiger partial charge on any atom is -0.352 e. The van der Waals surface area contributed by atoms with Crippen LogP contribution in [-0.2, 0) is 4.79 Å². The first-order valence-electron chi connectivity index (χ1n) is 7.84. The summed E-state index contributed by atoms with van der Waals surface area (Å²) >= 11 is 0. The number of carbonyl (C=O) groups excluding carboxylic acids is 1. The first-order chi connectivity index (χ1) is 10.7. The Labute approximate surface area is 128 Å². The number of anilines is 1. The van der Waals surface area contributed by atoms with Gasteiger partial charge in [-0.1, -0.05) is 0 Å². The average Bonchev–Trinajstić information content (AvgIpc) is 3.18. The number of hydrogen-bond acceptors (Lipinski definition) is 3. The summed E-state index contributed by atoms with van der Waals surface area (Å²) in [6.07, 6.45) is 4.00. The SMILES string of the molecule is O=C(NC1CC1)C1CCCN1c1ccc2ccc(F)cc2n1. The molecule has 4 rings (SSSR count). The number of pyridine rings is 1. The van der Waals surface area contributed by atoms with Crippen LogP contribution in [-0.4, -0.2) is 29.5 Å². The fourth-order valence-corrected chi connectivity index (χ4v) is 3.08. The van der Waals surface area contributed by atoms with Gasteiger partial charge in [-0.05, 0) is 49.9 Å². The maximum atomic E-state index is 13.4. The van der Waals surface area contributed by atoms with Crippen LogP contribution in [0.4, 0.5) is 10.2 Å². The molecule has 1 aromatic heterocycles. The second-order valence-corrected chi connectivity index (χ2v) is 6.14. The zero-order valence-electron chi connectivity index (χ0n) is 12.3. The molecule has 2 aliphatic rings. The van der Waals surface area contributed by atoms with E-state index in [-0.39, 0.29) is 17.8 Å². The molecule has 22 heavy (non-hydrogen) atoms. The third kappa shape index (κ3) is 2.51. The van der Waals surface area contributed by atoms with Crippen LogP contribution in [0.2, 0.25) is 0 Å². The number of aromatic nitrogens is 1. The van der Waals surface area contributed by atoms with Crippen molar-refractivity contribution in [2.24, 2.45) is 0 Å². The normalized spacial score (nSPS) is 21.3. The maximum Gasteiger partial charge on any atom is 0.242 e. The summed E-state index contributed by atoms with van der Waals surface area (Å²) in [5.74, 6) is 0.564. The first kappa shape index (κ1) is 13.5. The molecule has 1 unspecified atom stereocenters. The second-order valence-electron chi connectivity index (χ2n) is 6.14. The van der Waals surface area contributed by atoms with Gasteiger partial charge >= 0.3 is 0 Å². The van der Waals surface area contributed by atoms with Gasteiger partial charge in [-0.2, -0.15) is 0 Å². The van der Waals surface area contributed by atoms with Crippen LogP contribution in [0.25, 0.3) is 10.9 Å². The molecule has 0 bridgehead atoms. The van der Waals surface area contributed by atoms with Crippen molar-refractivity contribution in [2.75, 3.05) is 11.4 Å². The Hall–Kier alpha value is -2.17. The van der Waals surface area contributed by atoms with E-state index in [1.54, 1.807) is 6.07 Å². The summed E-state index contributed by atoms with van der Waals surface area (Å²) in [6.45, 7) is 0.816. The molecule has 1 N–H and O–H groups in total. The maximum absolute atomic E-state index is 13.4. The largest absolute Gasteiger partial charge is 0.352 e. The molecule has 1 aliphatic carbocycles. The molecule has 2 fully saturated rings. The van der Waals surface area contributed by atoms with Gasteiger partial charge < -0.3 is 10.2 Å². The highest BCUT2D eigenvalue weighted by Crippen LogP contribution is 2.27. The monoisotopic (exact) mass is 299 g/mol. The molecule has 114 valence electrons. The van der Waals surface area contributed by atoms with E-state index in [1.807, 2.05) is 17.0 Å². The molecule has 1 atom stereocenters. The number of rotatable bonds is 3. The second kappa shape index (κ2) is 5.23. The van der Waals surface area contributed by atoms with Crippen LogP contribution in [0.1, 0.15) is 25.7 Å². The van der Waals surface area contributed by atoms with Crippen molar-refractivity contribution in [3.8, 4) is 0 Å². The van der Waals surface area contributed by atoms with Crippen molar-refractivity contribution in [2.45, 2.75) is 37.8 Å². The molecule has 1 aliphatic heterocycles. The standard InChI is InChI=1S/C17H18FN3O/c18-12-5-3-11-4-8-16(20-14(11)10-12)21-9-1-2-15(21)17(22)19-13-6-7-13/h3-5,8,10,13,15H,1-2,6-7,9H2,(H,19,22). The lowest BCUT2D eigenvalue weighted by atomic mass is 10.2. The minimum absolute atomic E-state index is 0.0983. The van der Waals surface area contributed by atoms with E-state index in [2.05, 4.69) is 10.3 Å². The highest BCUT2D eigenvalue weighted by Gasteiger charge is 2.34. The molecule has 5 heteroatoms. The number of benzene rings is 1. The zero-order chi connectivity index (χ0) is 15.1. The number of hydrogen-bond donors (Lipinski definition) is 1. The predicted molar refractivity (Wildman–Crippen MR) is 83.2 cm³/mol. The van der Waals surface area contributed by atoms with E-state index >= 15 is 0 Å². The van der Waals surface area contributed by atoms with Gasteiger partial charge in [0.1, 0.15) is 17.7 Å². The van der Waals surface area contributed by atoms with Crippen LogP contribution in [0.15, 0.2) is 30.3 Å². The molecule has 0 radical (unpaired) electrons. The molecule has 2 aromatic rings. The van der Waals surface area contributed by atoms with Crippen molar-refractivity contribution in [1.82, 2.24) is 10.3 Å². The Bertz CT molecular complexity index is 729. The Balaban J connectivity index is 1.62. The third-order valence-electron chi connectivity index (χ3n) is 4.41. The number of nitrogens with one attached hydrogen (secondary N) is 1. The zero-order valence-corrected chi connectivity index (χ0v) is 12.3. The number of amides is 1. The van der Waals surface area contributed by atoms with Gasteiger partial charge in [-0.3, -0.25) is 4.79 Å². The van der Waals surface area contributed by atoms with Crippen molar-refractivity contribution in [3.05, 3.63) is 36.1 Å². The highest BCUT2D eigenvalue weighted by atomic mass is 19.1. The lowest BCUT2D eigenvalue weighted by Gasteiger charge is -2.25. The van der Waals surface area contributed by atoms with E-state index in [0.717, 1.165) is 43.4 Å². The summed E-state index contributed by atoms with van der Waals surface area (Å²) in [4.78, 5) is 19.0. The van der Waals surface area contributed by atoms with Crippen molar-refractivity contribution in [1.29, 1.82) is 0 Å². The molecule has 0 spiro atoms. The fraction of sp³-hybridized carbons (Fsp3) is 0.412. The van der Waals surface area contributed by atoms with E-state index in [4.69, 9.17) is 0 Å². The van der Waals surface area contributed by atoms with Gasteiger partial charge in [0.25, 0.3) is 0 Å². The Morgan fingerprint density at radius 3 is 2.86 bits per heavy atom. The average molecular weight is 299 g/mol. The third-order valence-corrected chi connectivity index (χ3v) is 4.41. The number of halogens is 1. The molecule has 1 amide bonds. The molecule has 4 nitrogen and oxygen atoms in total. The van der Waals surface area contributed by atoms with E-state index in [9.17, 15) is 9.18 Å². The number of nitrogens with zero attached hydrogens (tertiary/aromatic N) is 2. The predicted octanol–water partition coefficient (Wildman–Crippen LogP) is 2.62. The number of carbonyl (C=O) groups is 1. The van der Waals surface area contributed by atoms with Gasteiger partial charge in [0.2, 0.25) is 5.91 Å². The molecule has 1 saturated carbocycles. The van der Waals surface area contributed by atoms with Gasteiger partial charge in [0, 0.05) is 24.0 Å². The van der Waals surface area contributed by atoms with Crippen LogP contribution >= 0.6 is 0 Å². The van der Waals surface area contributed by atoms with Crippen molar-refractivity contribution >= 4 is 22.6 Å². The van der Waals surface area contributed by atoms with Crippen molar-refractivity contribution in [3.63, 3.8) is 0 Å². The van der Waals surface area contributed by atoms with Crippen LogP contribution in [0.3, 0.4) is 0 Å². The van der Waals surface area contributed by atoms with Crippen LogP contribution < -0.4 is 10.2 Å². The van der Waals surface area contributed by atoms with E-state index in [1.165, 1.54) is 12.1 Å². The Kier molecular flexibility index (Phi) is 3.21. The van der Waals surface area contributed by atoms with Crippen LogP contribution in [0.5, 0.6) is 0 Å². The quantitative estimate of drug-likeness (QED) is 0.947. The smallest absolute Gasteiger partial charge is 0.242 e. The lowest BCUT2D eigenvalue weighted by molar-refractivity contribution is -0.122. The summed E-state index contributed by atoms with van der Waals surface area (Å²) in [5.41, 5.74) is 0.630. The lowest BCUT2D eigenvalue weighted by Crippen LogP contribution is -2.44. The Morgan fingerprint density at radius 2 is 2.05 bits per heavy atom. The fourth-order valence-electron chi connectivity index (χ4n) is 3.08. The summed E-state index contributed by atoms with van der Waals surface area (Å²) in [6, 6.07) is 8.67. The van der Waals surface area contributed by atoms with Gasteiger partial charge in [0.05, 0.1) is 5.52 Å². The number of fused-ring (bicyclic) bond motifs is 1. The summed E-state index contributed by atoms with van der Waals surface area (Å²) < 4.78 is 13.4. The molecule has 1 saturated heterocycles. The molecule has 1 aromatic carbocycles. The Morgan fingerprint density at radius 1 is 1.23 bits per heavy atom. The summed E-state index contributed by atoms with van der Waals surface area (Å²) in [7, 11) is 0. The van der Waals surface area contributed by atoms with E-state index in [0.29, 0.717) is 11.6 Å². The molecular weight excluding hydrogens is 281 g/mol. The summed E-state index contributed by atoms with van der Waals surface area (Å²) in [5, 5.41) is 3.98. The highest BCUT2D eigenvalue weighted by molar-refractivity contribution is 5.87. The van der Waals surface area contributed by atoms with Gasteiger partial charge in [0.15, 0.2) is 0 Å². The molecular formula is C17H18FN3O. The van der Waals surface area contributed by atoms with Crippen LogP contribution in [0, 0.1) is 5.82 Å².